The van der Waals surface area contributed by atoms with Crippen LogP contribution in [0, 0.1) is 0 Å². The maximum atomic E-state index is 13.0. The van der Waals surface area contributed by atoms with Gasteiger partial charge in [-0.1, -0.05) is 31.0 Å². The van der Waals surface area contributed by atoms with Gasteiger partial charge < -0.3 is 14.8 Å². The van der Waals surface area contributed by atoms with E-state index < -0.39 is 5.54 Å². The molecule has 154 valence electrons. The molecule has 1 aliphatic heterocycles. The fourth-order valence-corrected chi connectivity index (χ4v) is 4.49. The number of carbonyl (C=O) groups excluding carboxylic acids is 1. The first-order valence-electron chi connectivity index (χ1n) is 10.3. The number of amides is 1. The van der Waals surface area contributed by atoms with E-state index in [1.54, 1.807) is 18.2 Å². The van der Waals surface area contributed by atoms with Crippen molar-refractivity contribution in [2.75, 3.05) is 13.2 Å². The molecule has 0 bridgehead atoms. The largest absolute Gasteiger partial charge is 0.486 e. The summed E-state index contributed by atoms with van der Waals surface area (Å²) in [5, 5.41) is 3.73. The molecule has 7 heteroatoms. The lowest BCUT2D eigenvalue weighted by Gasteiger charge is -2.32. The molecular weight excluding hydrogens is 382 g/mol. The number of para-hydroxylation sites is 1. The Kier molecular flexibility index (Phi) is 4.65. The van der Waals surface area contributed by atoms with E-state index in [9.17, 15) is 9.59 Å². The molecule has 1 aliphatic carbocycles. The summed E-state index contributed by atoms with van der Waals surface area (Å²) in [6, 6.07) is 13.0. The monoisotopic (exact) mass is 405 g/mol. The predicted octanol–water partition coefficient (Wildman–Crippen LogP) is 2.75. The van der Waals surface area contributed by atoms with E-state index in [1.807, 2.05) is 24.3 Å². The molecule has 1 aromatic heterocycles. The number of nitrogens with one attached hydrogen (secondary N) is 1. The lowest BCUT2D eigenvalue weighted by molar-refractivity contribution is -0.123. The lowest BCUT2D eigenvalue weighted by Crippen LogP contribution is -2.46. The van der Waals surface area contributed by atoms with Crippen molar-refractivity contribution in [1.29, 1.82) is 0 Å². The Labute approximate surface area is 173 Å². The van der Waals surface area contributed by atoms with Gasteiger partial charge in [-0.25, -0.2) is 4.98 Å². The smallest absolute Gasteiger partial charge is 0.261 e. The van der Waals surface area contributed by atoms with Crippen molar-refractivity contribution in [2.24, 2.45) is 0 Å². The number of fused-ring (bicyclic) bond motifs is 2. The molecule has 2 aromatic carbocycles. The molecular formula is C23H23N3O4. The van der Waals surface area contributed by atoms with E-state index >= 15 is 0 Å². The van der Waals surface area contributed by atoms with E-state index in [2.05, 4.69) is 10.3 Å². The van der Waals surface area contributed by atoms with Gasteiger partial charge in [0, 0.05) is 0 Å². The van der Waals surface area contributed by atoms with E-state index in [-0.39, 0.29) is 18.0 Å². The topological polar surface area (TPSA) is 82.5 Å². The summed E-state index contributed by atoms with van der Waals surface area (Å²) in [4.78, 5) is 30.0. The number of rotatable bonds is 4. The van der Waals surface area contributed by atoms with Gasteiger partial charge >= 0.3 is 0 Å². The zero-order valence-electron chi connectivity index (χ0n) is 16.6. The molecule has 0 atom stereocenters. The number of carbonyl (C=O) groups is 1. The third-order valence-electron chi connectivity index (χ3n) is 5.98. The second-order valence-corrected chi connectivity index (χ2v) is 7.89. The van der Waals surface area contributed by atoms with E-state index in [0.717, 1.165) is 37.0 Å². The van der Waals surface area contributed by atoms with Gasteiger partial charge in [0.25, 0.3) is 5.56 Å². The number of ether oxygens (including phenoxy) is 2. The summed E-state index contributed by atoms with van der Waals surface area (Å²) >= 11 is 0. The summed E-state index contributed by atoms with van der Waals surface area (Å²) in [6.45, 7) is 0.999. The van der Waals surface area contributed by atoms with Crippen LogP contribution in [0.5, 0.6) is 11.5 Å². The normalized spacial score (nSPS) is 17.1. The van der Waals surface area contributed by atoms with Crippen LogP contribution in [-0.2, 0) is 16.9 Å². The van der Waals surface area contributed by atoms with Crippen molar-refractivity contribution in [3.63, 3.8) is 0 Å². The van der Waals surface area contributed by atoms with Crippen molar-refractivity contribution < 1.29 is 14.3 Å². The summed E-state index contributed by atoms with van der Waals surface area (Å²) in [7, 11) is 0. The van der Waals surface area contributed by atoms with E-state index in [0.29, 0.717) is 29.9 Å². The summed E-state index contributed by atoms with van der Waals surface area (Å²) in [5.41, 5.74) is 0.973. The fourth-order valence-electron chi connectivity index (χ4n) is 4.49. The van der Waals surface area contributed by atoms with Gasteiger partial charge in [0.15, 0.2) is 11.5 Å². The van der Waals surface area contributed by atoms with Crippen LogP contribution >= 0.6 is 0 Å². The van der Waals surface area contributed by atoms with Gasteiger partial charge in [0.1, 0.15) is 19.8 Å². The SMILES string of the molecule is O=C(Cn1cnc2ccccc2c1=O)NC1(c2ccc3c(c2)OCCO3)CCCC1. The predicted molar refractivity (Wildman–Crippen MR) is 112 cm³/mol. The highest BCUT2D eigenvalue weighted by molar-refractivity contribution is 5.79. The average Bonchev–Trinajstić information content (AvgIpc) is 3.25. The lowest BCUT2D eigenvalue weighted by atomic mass is 9.87. The van der Waals surface area contributed by atoms with Gasteiger partial charge in [0.2, 0.25) is 5.91 Å². The molecule has 2 heterocycles. The number of aromatic nitrogens is 2. The van der Waals surface area contributed by atoms with Crippen LogP contribution in [0.3, 0.4) is 0 Å². The molecule has 30 heavy (non-hydrogen) atoms. The van der Waals surface area contributed by atoms with Crippen molar-refractivity contribution in [3.05, 3.63) is 64.7 Å². The molecule has 3 aromatic rings. The van der Waals surface area contributed by atoms with Crippen molar-refractivity contribution >= 4 is 16.8 Å². The molecule has 0 spiro atoms. The molecule has 1 N–H and O–H groups in total. The molecule has 1 amide bonds. The summed E-state index contributed by atoms with van der Waals surface area (Å²) < 4.78 is 12.7. The molecule has 2 aliphatic rings. The zero-order chi connectivity index (χ0) is 20.6. The maximum Gasteiger partial charge on any atom is 0.261 e. The van der Waals surface area contributed by atoms with Crippen LogP contribution in [0.4, 0.5) is 0 Å². The van der Waals surface area contributed by atoms with E-state index in [4.69, 9.17) is 9.47 Å². The first kappa shape index (κ1) is 18.7. The van der Waals surface area contributed by atoms with Gasteiger partial charge in [-0.3, -0.25) is 14.2 Å². The Balaban J connectivity index is 1.41. The van der Waals surface area contributed by atoms with E-state index in [1.165, 1.54) is 10.9 Å². The quantitative estimate of drug-likeness (QED) is 0.722. The Bertz CT molecular complexity index is 1160. The molecule has 0 saturated heterocycles. The van der Waals surface area contributed by atoms with Crippen LogP contribution in [0.1, 0.15) is 31.2 Å². The van der Waals surface area contributed by atoms with Crippen LogP contribution < -0.4 is 20.3 Å². The average molecular weight is 405 g/mol. The molecule has 1 fully saturated rings. The highest BCUT2D eigenvalue weighted by Gasteiger charge is 2.38. The van der Waals surface area contributed by atoms with Crippen molar-refractivity contribution in [2.45, 2.75) is 37.8 Å². The maximum absolute atomic E-state index is 13.0. The van der Waals surface area contributed by atoms with Crippen LogP contribution in [0.25, 0.3) is 10.9 Å². The minimum Gasteiger partial charge on any atom is -0.486 e. The van der Waals surface area contributed by atoms with Crippen LogP contribution in [0.15, 0.2) is 53.6 Å². The first-order valence-corrected chi connectivity index (χ1v) is 10.3. The minimum atomic E-state index is -0.458. The molecule has 5 rings (SSSR count). The third-order valence-corrected chi connectivity index (χ3v) is 5.98. The van der Waals surface area contributed by atoms with Crippen LogP contribution in [0.2, 0.25) is 0 Å². The highest BCUT2D eigenvalue weighted by atomic mass is 16.6. The minimum absolute atomic E-state index is 0.0665. The molecule has 1 saturated carbocycles. The number of nitrogens with zero attached hydrogens (tertiary/aromatic N) is 2. The van der Waals surface area contributed by atoms with Gasteiger partial charge in [-0.15, -0.1) is 0 Å². The Morgan fingerprint density at radius 1 is 1.07 bits per heavy atom. The standard InChI is InChI=1S/C23H23N3O4/c27-21(14-26-15-24-18-6-2-1-5-17(18)22(26)28)25-23(9-3-4-10-23)16-7-8-19-20(13-16)30-12-11-29-19/h1-2,5-8,13,15H,3-4,9-12,14H2,(H,25,27). The zero-order valence-corrected chi connectivity index (χ0v) is 16.6. The summed E-state index contributed by atoms with van der Waals surface area (Å²) in [5.74, 6) is 1.25. The van der Waals surface area contributed by atoms with Gasteiger partial charge in [-0.05, 0) is 42.7 Å². The number of benzene rings is 2. The Morgan fingerprint density at radius 2 is 1.83 bits per heavy atom. The van der Waals surface area contributed by atoms with Crippen LogP contribution in [-0.4, -0.2) is 28.7 Å². The third kappa shape index (κ3) is 3.30. The van der Waals surface area contributed by atoms with Crippen molar-refractivity contribution in [1.82, 2.24) is 14.9 Å². The summed E-state index contributed by atoms with van der Waals surface area (Å²) in [6.07, 6.45) is 5.21. The Hall–Kier alpha value is -3.35. The first-order chi connectivity index (χ1) is 14.6. The second kappa shape index (κ2) is 7.48. The highest BCUT2D eigenvalue weighted by Crippen LogP contribution is 2.42. The number of hydrogen-bond donors (Lipinski definition) is 1. The fraction of sp³-hybridized carbons (Fsp3) is 0.348. The molecule has 7 nitrogen and oxygen atoms in total. The second-order valence-electron chi connectivity index (χ2n) is 7.89. The molecule has 0 radical (unpaired) electrons. The van der Waals surface area contributed by atoms with Crippen molar-refractivity contribution in [3.8, 4) is 11.5 Å². The van der Waals surface area contributed by atoms with Gasteiger partial charge in [-0.2, -0.15) is 0 Å². The number of hydrogen-bond acceptors (Lipinski definition) is 5. The molecule has 0 unspecified atom stereocenters. The Morgan fingerprint density at radius 3 is 2.67 bits per heavy atom. The van der Waals surface area contributed by atoms with Gasteiger partial charge in [0.05, 0.1) is 22.8 Å².